The van der Waals surface area contributed by atoms with Gasteiger partial charge in [0.05, 0.1) is 23.6 Å². The van der Waals surface area contributed by atoms with E-state index in [2.05, 4.69) is 9.97 Å². The molecule has 0 aliphatic carbocycles. The van der Waals surface area contributed by atoms with Crippen LogP contribution in [-0.4, -0.2) is 9.97 Å². The van der Waals surface area contributed by atoms with Crippen LogP contribution in [0.1, 0.15) is 22.9 Å². The molecule has 1 aromatic heterocycles. The molecule has 0 spiro atoms. The molecule has 0 aliphatic heterocycles. The molecule has 2 aromatic rings. The van der Waals surface area contributed by atoms with Crippen molar-refractivity contribution in [2.75, 3.05) is 0 Å². The van der Waals surface area contributed by atoms with Crippen molar-refractivity contribution < 1.29 is 13.2 Å². The van der Waals surface area contributed by atoms with Gasteiger partial charge in [0, 0.05) is 6.20 Å². The molecule has 0 bridgehead atoms. The molecule has 0 fully saturated rings. The predicted molar refractivity (Wildman–Crippen MR) is 67.9 cm³/mol. The van der Waals surface area contributed by atoms with Crippen LogP contribution in [-0.2, 0) is 12.6 Å². The number of hydrogen-bond acceptors (Lipinski definition) is 2. The molecule has 2 rings (SSSR count). The van der Waals surface area contributed by atoms with Crippen molar-refractivity contribution in [2.45, 2.75) is 18.6 Å². The highest BCUT2D eigenvalue weighted by Gasteiger charge is 2.29. The number of rotatable bonds is 3. The van der Waals surface area contributed by atoms with Crippen LogP contribution in [0.2, 0.25) is 0 Å². The molecule has 3 N–H and O–H groups in total. The Balaban J connectivity index is 0.00000180. The monoisotopic (exact) mass is 291 g/mol. The van der Waals surface area contributed by atoms with Gasteiger partial charge in [-0.15, -0.1) is 12.4 Å². The van der Waals surface area contributed by atoms with E-state index in [1.807, 2.05) is 0 Å². The summed E-state index contributed by atoms with van der Waals surface area (Å²) in [7, 11) is 0. The van der Waals surface area contributed by atoms with Gasteiger partial charge in [-0.3, -0.25) is 0 Å². The van der Waals surface area contributed by atoms with Gasteiger partial charge >= 0.3 is 6.18 Å². The first kappa shape index (κ1) is 15.5. The molecule has 1 aromatic carbocycles. The van der Waals surface area contributed by atoms with Crippen molar-refractivity contribution in [1.82, 2.24) is 9.97 Å². The first-order chi connectivity index (χ1) is 8.47. The van der Waals surface area contributed by atoms with Crippen LogP contribution in [0.3, 0.4) is 0 Å². The van der Waals surface area contributed by atoms with Gasteiger partial charge in [-0.1, -0.05) is 12.1 Å². The number of aromatic amines is 1. The van der Waals surface area contributed by atoms with Crippen LogP contribution in [0.4, 0.5) is 13.2 Å². The Labute approximate surface area is 114 Å². The van der Waals surface area contributed by atoms with Gasteiger partial charge in [0.2, 0.25) is 0 Å². The number of nitrogens with one attached hydrogen (secondary N) is 1. The molecule has 1 unspecified atom stereocenters. The summed E-state index contributed by atoms with van der Waals surface area (Å²) >= 11 is 0. The molecule has 104 valence electrons. The summed E-state index contributed by atoms with van der Waals surface area (Å²) in [6.07, 6.45) is -0.721. The molecule has 0 saturated heterocycles. The average Bonchev–Trinajstić information content (AvgIpc) is 2.82. The molecule has 1 atom stereocenters. The van der Waals surface area contributed by atoms with Crippen molar-refractivity contribution in [3.05, 3.63) is 53.6 Å². The van der Waals surface area contributed by atoms with Crippen molar-refractivity contribution in [1.29, 1.82) is 0 Å². The first-order valence-corrected chi connectivity index (χ1v) is 5.37. The quantitative estimate of drug-likeness (QED) is 0.913. The normalized spacial score (nSPS) is 12.8. The Morgan fingerprint density at radius 2 is 1.84 bits per heavy atom. The third-order valence-corrected chi connectivity index (χ3v) is 2.66. The Morgan fingerprint density at radius 3 is 2.32 bits per heavy atom. The van der Waals surface area contributed by atoms with Crippen molar-refractivity contribution >= 4 is 12.4 Å². The maximum atomic E-state index is 12.4. The zero-order valence-corrected chi connectivity index (χ0v) is 10.6. The summed E-state index contributed by atoms with van der Waals surface area (Å²) in [6.45, 7) is 0. The SMILES string of the molecule is Cl.NC(Cc1ccc(C(F)(F)F)cc1)c1cnc[nH]1. The second-order valence-electron chi connectivity index (χ2n) is 4.01. The molecule has 0 saturated carbocycles. The maximum Gasteiger partial charge on any atom is 0.416 e. The van der Waals surface area contributed by atoms with Crippen LogP contribution in [0.25, 0.3) is 0 Å². The molecule has 0 aliphatic rings. The van der Waals surface area contributed by atoms with Crippen LogP contribution in [0.15, 0.2) is 36.8 Å². The Bertz CT molecular complexity index is 494. The number of nitrogens with zero attached hydrogens (tertiary/aromatic N) is 1. The summed E-state index contributed by atoms with van der Waals surface area (Å²) < 4.78 is 37.1. The van der Waals surface area contributed by atoms with Crippen LogP contribution in [0.5, 0.6) is 0 Å². The van der Waals surface area contributed by atoms with E-state index in [-0.39, 0.29) is 18.4 Å². The van der Waals surface area contributed by atoms with E-state index in [4.69, 9.17) is 5.73 Å². The molecule has 1 heterocycles. The summed E-state index contributed by atoms with van der Waals surface area (Å²) in [5, 5.41) is 0. The summed E-state index contributed by atoms with van der Waals surface area (Å²) in [4.78, 5) is 6.72. The van der Waals surface area contributed by atoms with E-state index in [1.54, 1.807) is 6.20 Å². The highest BCUT2D eigenvalue weighted by atomic mass is 35.5. The Morgan fingerprint density at radius 1 is 1.21 bits per heavy atom. The number of alkyl halides is 3. The molecule has 7 heteroatoms. The number of benzene rings is 1. The largest absolute Gasteiger partial charge is 0.416 e. The molecule has 3 nitrogen and oxygen atoms in total. The number of halogens is 4. The lowest BCUT2D eigenvalue weighted by atomic mass is 10.0. The van der Waals surface area contributed by atoms with Gasteiger partial charge in [0.25, 0.3) is 0 Å². The number of nitrogens with two attached hydrogens (primary N) is 1. The average molecular weight is 292 g/mol. The lowest BCUT2D eigenvalue weighted by Crippen LogP contribution is -2.14. The fraction of sp³-hybridized carbons (Fsp3) is 0.250. The molecule has 19 heavy (non-hydrogen) atoms. The maximum absolute atomic E-state index is 12.4. The van der Waals surface area contributed by atoms with E-state index >= 15 is 0 Å². The second kappa shape index (κ2) is 6.08. The Kier molecular flexibility index (Phi) is 4.97. The van der Waals surface area contributed by atoms with Crippen LogP contribution < -0.4 is 5.73 Å². The second-order valence-corrected chi connectivity index (χ2v) is 4.01. The Hall–Kier alpha value is -1.53. The topological polar surface area (TPSA) is 54.7 Å². The summed E-state index contributed by atoms with van der Waals surface area (Å²) in [5.41, 5.74) is 6.76. The van der Waals surface area contributed by atoms with Gasteiger partial charge in [-0.2, -0.15) is 13.2 Å². The third-order valence-electron chi connectivity index (χ3n) is 2.66. The van der Waals surface area contributed by atoms with Crippen LogP contribution >= 0.6 is 12.4 Å². The van der Waals surface area contributed by atoms with Gasteiger partial charge in [-0.25, -0.2) is 4.98 Å². The summed E-state index contributed by atoms with van der Waals surface area (Å²) in [5.74, 6) is 0. The smallest absolute Gasteiger partial charge is 0.347 e. The summed E-state index contributed by atoms with van der Waals surface area (Å²) in [6, 6.07) is 4.71. The fourth-order valence-electron chi connectivity index (χ4n) is 1.66. The third kappa shape index (κ3) is 3.97. The van der Waals surface area contributed by atoms with Crippen molar-refractivity contribution in [3.8, 4) is 0 Å². The zero-order valence-electron chi connectivity index (χ0n) is 9.82. The molecule has 0 radical (unpaired) electrons. The standard InChI is InChI=1S/C12H12F3N3.ClH/c13-12(14,15)9-3-1-8(2-4-9)5-10(16)11-6-17-7-18-11;/h1-4,6-7,10H,5,16H2,(H,17,18);1H. The highest BCUT2D eigenvalue weighted by molar-refractivity contribution is 5.85. The van der Waals surface area contributed by atoms with Crippen LogP contribution in [0, 0.1) is 0 Å². The van der Waals surface area contributed by atoms with E-state index < -0.39 is 11.7 Å². The molecular weight excluding hydrogens is 279 g/mol. The van der Waals surface area contributed by atoms with E-state index in [0.29, 0.717) is 6.42 Å². The lowest BCUT2D eigenvalue weighted by Gasteiger charge is -2.11. The van der Waals surface area contributed by atoms with E-state index in [9.17, 15) is 13.2 Å². The van der Waals surface area contributed by atoms with E-state index in [0.717, 1.165) is 23.4 Å². The minimum atomic E-state index is -4.30. The predicted octanol–water partition coefficient (Wildman–Crippen LogP) is 3.09. The highest BCUT2D eigenvalue weighted by Crippen LogP contribution is 2.29. The minimum absolute atomic E-state index is 0. The minimum Gasteiger partial charge on any atom is -0.347 e. The van der Waals surface area contributed by atoms with Gasteiger partial charge < -0.3 is 10.7 Å². The first-order valence-electron chi connectivity index (χ1n) is 5.37. The van der Waals surface area contributed by atoms with Gasteiger partial charge in [0.15, 0.2) is 0 Å². The van der Waals surface area contributed by atoms with Crippen molar-refractivity contribution in [2.24, 2.45) is 5.73 Å². The molecular formula is C12H13ClF3N3. The fourth-order valence-corrected chi connectivity index (χ4v) is 1.66. The molecule has 0 amide bonds. The van der Waals surface area contributed by atoms with Gasteiger partial charge in [0.1, 0.15) is 0 Å². The zero-order chi connectivity index (χ0) is 13.2. The number of imidazole rings is 1. The number of aromatic nitrogens is 2. The van der Waals surface area contributed by atoms with Crippen molar-refractivity contribution in [3.63, 3.8) is 0 Å². The number of hydrogen-bond donors (Lipinski definition) is 2. The lowest BCUT2D eigenvalue weighted by molar-refractivity contribution is -0.137. The van der Waals surface area contributed by atoms with E-state index in [1.165, 1.54) is 18.5 Å². The number of H-pyrrole nitrogens is 1. The van der Waals surface area contributed by atoms with Gasteiger partial charge in [-0.05, 0) is 24.1 Å².